The van der Waals surface area contributed by atoms with Gasteiger partial charge in [-0.25, -0.2) is 4.79 Å². The Hall–Kier alpha value is -1.88. The van der Waals surface area contributed by atoms with Crippen LogP contribution in [0.1, 0.15) is 38.5 Å². The number of hydrogen-bond donors (Lipinski definition) is 1. The molecule has 1 N–H and O–H groups in total. The summed E-state index contributed by atoms with van der Waals surface area (Å²) in [6.45, 7) is 7.75. The quantitative estimate of drug-likeness (QED) is 0.681. The molecular weight excluding hydrogens is 431 g/mol. The predicted molar refractivity (Wildman–Crippen MR) is 108 cm³/mol. The molecule has 4 fully saturated rings. The number of halogens is 3. The van der Waals surface area contributed by atoms with Crippen molar-refractivity contribution in [3.05, 3.63) is 0 Å². The summed E-state index contributed by atoms with van der Waals surface area (Å²) in [5.74, 6) is -2.24. The van der Waals surface area contributed by atoms with Crippen LogP contribution in [0.4, 0.5) is 13.2 Å². The molecule has 11 heteroatoms. The van der Waals surface area contributed by atoms with E-state index in [2.05, 4.69) is 9.80 Å². The zero-order valence-electron chi connectivity index (χ0n) is 18.2. The van der Waals surface area contributed by atoms with E-state index >= 15 is 0 Å². The molecule has 2 atom stereocenters. The number of carboxylic acids is 1. The number of aliphatic carboxylic acids is 1. The standard InChI is InChI=1S/C19H31N3O3.C2HF3O2/c23-17(16-4-13-25-14-16)22-9-3-5-19(15-22)6-10-21(18(19)24)12-11-20-7-1-2-8-20;3-2(4,5)1(6)7/h16H,1-15H2;(H,6,7). The van der Waals surface area contributed by atoms with Crippen LogP contribution < -0.4 is 0 Å². The van der Waals surface area contributed by atoms with Crippen molar-refractivity contribution in [2.45, 2.75) is 44.7 Å². The maximum atomic E-state index is 13.1. The SMILES string of the molecule is O=C(C1CCOC1)N1CCCC2(CCN(CCN3CCCC3)C2=O)C1.O=C(O)C(F)(F)F. The smallest absolute Gasteiger partial charge is 0.475 e. The average molecular weight is 463 g/mol. The van der Waals surface area contributed by atoms with Crippen LogP contribution in [-0.2, 0) is 19.1 Å². The molecule has 0 saturated carbocycles. The maximum absolute atomic E-state index is 13.1. The Morgan fingerprint density at radius 3 is 2.34 bits per heavy atom. The van der Waals surface area contributed by atoms with Gasteiger partial charge in [0.2, 0.25) is 11.8 Å². The maximum Gasteiger partial charge on any atom is 0.490 e. The molecular formula is C21H32F3N3O5. The lowest BCUT2D eigenvalue weighted by atomic mass is 9.78. The highest BCUT2D eigenvalue weighted by atomic mass is 19.4. The fourth-order valence-corrected chi connectivity index (χ4v) is 5.06. The van der Waals surface area contributed by atoms with Crippen LogP contribution in [0.3, 0.4) is 0 Å². The normalized spacial score (nSPS) is 28.8. The van der Waals surface area contributed by atoms with Crippen molar-refractivity contribution in [2.24, 2.45) is 11.3 Å². The van der Waals surface area contributed by atoms with E-state index in [9.17, 15) is 22.8 Å². The summed E-state index contributed by atoms with van der Waals surface area (Å²) < 4.78 is 37.1. The third kappa shape index (κ3) is 5.92. The fraction of sp³-hybridized carbons (Fsp3) is 0.857. The molecule has 4 aliphatic rings. The van der Waals surface area contributed by atoms with E-state index < -0.39 is 12.1 Å². The van der Waals surface area contributed by atoms with Crippen LogP contribution >= 0.6 is 0 Å². The number of carbonyl (C=O) groups excluding carboxylic acids is 2. The van der Waals surface area contributed by atoms with Crippen LogP contribution in [-0.4, -0.2) is 103 Å². The number of piperidine rings is 1. The van der Waals surface area contributed by atoms with Crippen molar-refractivity contribution < 1.29 is 37.4 Å². The van der Waals surface area contributed by atoms with Gasteiger partial charge in [0.05, 0.1) is 17.9 Å². The molecule has 0 aromatic rings. The molecule has 0 aliphatic carbocycles. The molecule has 32 heavy (non-hydrogen) atoms. The van der Waals surface area contributed by atoms with Crippen molar-refractivity contribution in [2.75, 3.05) is 59.0 Å². The minimum absolute atomic E-state index is 0.0120. The lowest BCUT2D eigenvalue weighted by Crippen LogP contribution is -2.51. The Bertz CT molecular complexity index is 693. The second-order valence-corrected chi connectivity index (χ2v) is 9.10. The van der Waals surface area contributed by atoms with Crippen LogP contribution in [0.15, 0.2) is 0 Å². The van der Waals surface area contributed by atoms with Gasteiger partial charge in [-0.3, -0.25) is 9.59 Å². The fourth-order valence-electron chi connectivity index (χ4n) is 5.06. The topological polar surface area (TPSA) is 90.4 Å². The number of amides is 2. The number of carboxylic acid groups (broad SMARTS) is 1. The second-order valence-electron chi connectivity index (χ2n) is 9.10. The van der Waals surface area contributed by atoms with E-state index in [1.807, 2.05) is 4.90 Å². The number of rotatable bonds is 4. The molecule has 2 amide bonds. The van der Waals surface area contributed by atoms with Crippen molar-refractivity contribution in [1.29, 1.82) is 0 Å². The highest BCUT2D eigenvalue weighted by Crippen LogP contribution is 2.40. The first-order valence-corrected chi connectivity index (χ1v) is 11.3. The van der Waals surface area contributed by atoms with Crippen LogP contribution in [0, 0.1) is 11.3 Å². The molecule has 4 rings (SSSR count). The molecule has 2 unspecified atom stereocenters. The van der Waals surface area contributed by atoms with Gasteiger partial charge in [0.25, 0.3) is 0 Å². The minimum atomic E-state index is -5.08. The number of carbonyl (C=O) groups is 3. The van der Waals surface area contributed by atoms with E-state index in [-0.39, 0.29) is 17.2 Å². The Labute approximate surface area is 185 Å². The van der Waals surface area contributed by atoms with E-state index in [1.165, 1.54) is 25.9 Å². The van der Waals surface area contributed by atoms with Gasteiger partial charge in [-0.15, -0.1) is 0 Å². The highest BCUT2D eigenvalue weighted by Gasteiger charge is 2.50. The Kier molecular flexibility index (Phi) is 8.02. The lowest BCUT2D eigenvalue weighted by Gasteiger charge is -2.40. The van der Waals surface area contributed by atoms with Gasteiger partial charge >= 0.3 is 12.1 Å². The first-order chi connectivity index (χ1) is 15.1. The van der Waals surface area contributed by atoms with Crippen LogP contribution in [0.25, 0.3) is 0 Å². The Morgan fingerprint density at radius 2 is 1.75 bits per heavy atom. The number of alkyl halides is 3. The number of ether oxygens (including phenoxy) is 1. The molecule has 8 nitrogen and oxygen atoms in total. The molecule has 0 aromatic heterocycles. The summed E-state index contributed by atoms with van der Waals surface area (Å²) in [4.78, 5) is 41.3. The number of hydrogen-bond acceptors (Lipinski definition) is 5. The summed E-state index contributed by atoms with van der Waals surface area (Å²) in [7, 11) is 0. The third-order valence-corrected chi connectivity index (χ3v) is 6.90. The van der Waals surface area contributed by atoms with E-state index in [1.54, 1.807) is 0 Å². The highest BCUT2D eigenvalue weighted by molar-refractivity contribution is 5.87. The molecule has 1 spiro atoms. The second kappa shape index (κ2) is 10.4. The van der Waals surface area contributed by atoms with Crippen molar-refractivity contribution >= 4 is 17.8 Å². The summed E-state index contributed by atoms with van der Waals surface area (Å²) in [5, 5.41) is 7.12. The largest absolute Gasteiger partial charge is 0.490 e. The van der Waals surface area contributed by atoms with Gasteiger partial charge in [-0.05, 0) is 51.6 Å². The molecule has 0 aromatic carbocycles. The minimum Gasteiger partial charge on any atom is -0.475 e. The summed E-state index contributed by atoms with van der Waals surface area (Å²) in [6.07, 6.45) is 1.14. The van der Waals surface area contributed by atoms with Crippen LogP contribution in [0.2, 0.25) is 0 Å². The monoisotopic (exact) mass is 463 g/mol. The summed E-state index contributed by atoms with van der Waals surface area (Å²) in [6, 6.07) is 0. The van der Waals surface area contributed by atoms with Gasteiger partial charge in [0, 0.05) is 39.3 Å². The molecule has 0 bridgehead atoms. The van der Waals surface area contributed by atoms with Crippen molar-refractivity contribution in [3.63, 3.8) is 0 Å². The van der Waals surface area contributed by atoms with E-state index in [4.69, 9.17) is 14.6 Å². The third-order valence-electron chi connectivity index (χ3n) is 6.90. The molecule has 182 valence electrons. The van der Waals surface area contributed by atoms with Gasteiger partial charge in [0.1, 0.15) is 0 Å². The first-order valence-electron chi connectivity index (χ1n) is 11.3. The average Bonchev–Trinajstić information content (AvgIpc) is 3.51. The zero-order valence-corrected chi connectivity index (χ0v) is 18.2. The molecule has 4 heterocycles. The molecule has 4 aliphatic heterocycles. The van der Waals surface area contributed by atoms with Crippen molar-refractivity contribution in [3.8, 4) is 0 Å². The first kappa shape index (κ1) is 24.8. The van der Waals surface area contributed by atoms with Gasteiger partial charge in [0.15, 0.2) is 0 Å². The van der Waals surface area contributed by atoms with E-state index in [0.29, 0.717) is 25.7 Å². The lowest BCUT2D eigenvalue weighted by molar-refractivity contribution is -0.192. The van der Waals surface area contributed by atoms with Gasteiger partial charge < -0.3 is 24.5 Å². The summed E-state index contributed by atoms with van der Waals surface area (Å²) >= 11 is 0. The van der Waals surface area contributed by atoms with Crippen LogP contribution in [0.5, 0.6) is 0 Å². The Morgan fingerprint density at radius 1 is 1.06 bits per heavy atom. The predicted octanol–water partition coefficient (Wildman–Crippen LogP) is 1.59. The van der Waals surface area contributed by atoms with E-state index in [0.717, 1.165) is 51.9 Å². The number of nitrogens with zero attached hydrogens (tertiary/aromatic N) is 3. The summed E-state index contributed by atoms with van der Waals surface area (Å²) in [5.41, 5.74) is -0.307. The molecule has 0 radical (unpaired) electrons. The Balaban J connectivity index is 0.000000360. The van der Waals surface area contributed by atoms with Gasteiger partial charge in [-0.1, -0.05) is 0 Å². The number of likely N-dealkylation sites (tertiary alicyclic amines) is 3. The zero-order chi connectivity index (χ0) is 23.4. The molecule has 4 saturated heterocycles. The van der Waals surface area contributed by atoms with Crippen molar-refractivity contribution in [1.82, 2.24) is 14.7 Å². The van der Waals surface area contributed by atoms with Gasteiger partial charge in [-0.2, -0.15) is 13.2 Å².